The molecule has 0 aliphatic rings. The Bertz CT molecular complexity index is 647. The molecule has 0 spiro atoms. The van der Waals surface area contributed by atoms with E-state index in [1.807, 2.05) is 25.1 Å². The monoisotopic (exact) mass is 291 g/mol. The first-order valence-corrected chi connectivity index (χ1v) is 6.59. The van der Waals surface area contributed by atoms with Gasteiger partial charge in [0.2, 0.25) is 5.91 Å². The largest absolute Gasteiger partial charge is 0.480 e. The van der Waals surface area contributed by atoms with Crippen LogP contribution in [0, 0.1) is 6.92 Å². The summed E-state index contributed by atoms with van der Waals surface area (Å²) in [6.07, 6.45) is 1.81. The molecular formula is C15H17NO5. The smallest absolute Gasteiger partial charge is 0.329 e. The van der Waals surface area contributed by atoms with Crippen LogP contribution in [0.1, 0.15) is 11.1 Å². The second kappa shape index (κ2) is 6.90. The van der Waals surface area contributed by atoms with Crippen molar-refractivity contribution in [3.63, 3.8) is 0 Å². The van der Waals surface area contributed by atoms with Crippen molar-refractivity contribution in [3.8, 4) is 0 Å². The Hall–Kier alpha value is -2.34. The van der Waals surface area contributed by atoms with E-state index in [-0.39, 0.29) is 32.1 Å². The predicted molar refractivity (Wildman–Crippen MR) is 76.1 cm³/mol. The van der Waals surface area contributed by atoms with Gasteiger partial charge in [-0.3, -0.25) is 4.79 Å². The Morgan fingerprint density at radius 1 is 1.38 bits per heavy atom. The van der Waals surface area contributed by atoms with E-state index in [0.29, 0.717) is 0 Å². The third-order valence-corrected chi connectivity index (χ3v) is 2.96. The molecule has 1 aromatic heterocycles. The minimum atomic E-state index is -1.03. The summed E-state index contributed by atoms with van der Waals surface area (Å²) in [5, 5.41) is 12.0. The molecule has 0 radical (unpaired) electrons. The van der Waals surface area contributed by atoms with Crippen LogP contribution < -0.4 is 5.32 Å². The molecule has 112 valence electrons. The molecule has 1 aromatic carbocycles. The second-order valence-corrected chi connectivity index (χ2v) is 4.73. The summed E-state index contributed by atoms with van der Waals surface area (Å²) >= 11 is 0. The molecule has 0 saturated carbocycles. The van der Waals surface area contributed by atoms with Crippen molar-refractivity contribution in [2.24, 2.45) is 0 Å². The summed E-state index contributed by atoms with van der Waals surface area (Å²) in [5.41, 5.74) is 2.69. The Balaban J connectivity index is 1.83. The molecule has 0 unspecified atom stereocenters. The maximum absolute atomic E-state index is 11.8. The molecule has 2 aromatic rings. The highest BCUT2D eigenvalue weighted by molar-refractivity contribution is 5.87. The maximum Gasteiger partial charge on any atom is 0.329 e. The van der Waals surface area contributed by atoms with Crippen LogP contribution in [-0.4, -0.2) is 36.7 Å². The molecule has 6 nitrogen and oxygen atoms in total. The van der Waals surface area contributed by atoms with Crippen LogP contribution in [0.5, 0.6) is 0 Å². The van der Waals surface area contributed by atoms with Gasteiger partial charge in [-0.15, -0.1) is 0 Å². The average Bonchev–Trinajstić information content (AvgIpc) is 2.80. The van der Waals surface area contributed by atoms with E-state index in [2.05, 4.69) is 5.32 Å². The number of carboxylic acids is 1. The van der Waals surface area contributed by atoms with E-state index in [4.69, 9.17) is 14.3 Å². The lowest BCUT2D eigenvalue weighted by Gasteiger charge is -2.04. The van der Waals surface area contributed by atoms with E-state index in [9.17, 15) is 9.59 Å². The molecule has 0 aliphatic heterocycles. The number of aryl methyl sites for hydroxylation is 1. The number of furan rings is 1. The summed E-state index contributed by atoms with van der Waals surface area (Å²) in [6.45, 7) is 2.07. The third kappa shape index (κ3) is 4.32. The van der Waals surface area contributed by atoms with Gasteiger partial charge in [-0.05, 0) is 18.6 Å². The highest BCUT2D eigenvalue weighted by Crippen LogP contribution is 2.22. The normalized spacial score (nSPS) is 10.7. The van der Waals surface area contributed by atoms with Gasteiger partial charge in [-0.2, -0.15) is 0 Å². The number of aliphatic carboxylic acids is 1. The van der Waals surface area contributed by atoms with Crippen LogP contribution in [0.4, 0.5) is 0 Å². The summed E-state index contributed by atoms with van der Waals surface area (Å²) in [4.78, 5) is 22.0. The van der Waals surface area contributed by atoms with Crippen molar-refractivity contribution in [2.75, 3.05) is 19.8 Å². The van der Waals surface area contributed by atoms with Crippen molar-refractivity contribution in [3.05, 3.63) is 35.6 Å². The van der Waals surface area contributed by atoms with Crippen LogP contribution in [0.3, 0.4) is 0 Å². The quantitative estimate of drug-likeness (QED) is 0.755. The summed E-state index contributed by atoms with van der Waals surface area (Å²) < 4.78 is 10.3. The van der Waals surface area contributed by atoms with Crippen molar-refractivity contribution in [1.29, 1.82) is 0 Å². The summed E-state index contributed by atoms with van der Waals surface area (Å²) in [6, 6.07) is 5.84. The number of nitrogens with one attached hydrogen (secondary N) is 1. The lowest BCUT2D eigenvalue weighted by molar-refractivity contribution is -0.142. The van der Waals surface area contributed by atoms with Crippen molar-refractivity contribution in [2.45, 2.75) is 13.3 Å². The van der Waals surface area contributed by atoms with Crippen molar-refractivity contribution < 1.29 is 23.8 Å². The van der Waals surface area contributed by atoms with Crippen molar-refractivity contribution >= 4 is 22.8 Å². The molecule has 0 aliphatic carbocycles. The van der Waals surface area contributed by atoms with E-state index in [1.54, 1.807) is 6.26 Å². The number of ether oxygens (including phenoxy) is 1. The Morgan fingerprint density at radius 3 is 2.95 bits per heavy atom. The molecule has 21 heavy (non-hydrogen) atoms. The number of carbonyl (C=O) groups is 2. The van der Waals surface area contributed by atoms with Gasteiger partial charge in [-0.1, -0.05) is 12.1 Å². The van der Waals surface area contributed by atoms with Gasteiger partial charge in [0.15, 0.2) is 0 Å². The van der Waals surface area contributed by atoms with Gasteiger partial charge in [-0.25, -0.2) is 4.79 Å². The average molecular weight is 291 g/mol. The second-order valence-electron chi connectivity index (χ2n) is 4.73. The van der Waals surface area contributed by atoms with Crippen LogP contribution in [-0.2, 0) is 20.7 Å². The van der Waals surface area contributed by atoms with Gasteiger partial charge < -0.3 is 19.6 Å². The minimum absolute atomic E-state index is 0.155. The number of amides is 1. The topological polar surface area (TPSA) is 88.8 Å². The highest BCUT2D eigenvalue weighted by atomic mass is 16.5. The van der Waals surface area contributed by atoms with Crippen LogP contribution >= 0.6 is 0 Å². The fourth-order valence-electron chi connectivity index (χ4n) is 1.98. The molecule has 2 rings (SSSR count). The van der Waals surface area contributed by atoms with Gasteiger partial charge >= 0.3 is 5.97 Å². The lowest BCUT2D eigenvalue weighted by atomic mass is 10.1. The number of hydrogen-bond donors (Lipinski definition) is 2. The number of carboxylic acid groups (broad SMARTS) is 1. The zero-order chi connectivity index (χ0) is 15.2. The molecule has 6 heteroatoms. The molecule has 0 saturated heterocycles. The number of rotatable bonds is 7. The summed E-state index contributed by atoms with van der Waals surface area (Å²) in [5.74, 6) is -1.18. The molecule has 1 amide bonds. The highest BCUT2D eigenvalue weighted by Gasteiger charge is 2.10. The molecule has 1 heterocycles. The van der Waals surface area contributed by atoms with Crippen LogP contribution in [0.25, 0.3) is 11.0 Å². The Labute approximate surface area is 121 Å². The molecular weight excluding hydrogens is 274 g/mol. The zero-order valence-corrected chi connectivity index (χ0v) is 11.7. The molecule has 0 bridgehead atoms. The number of fused-ring (bicyclic) bond motifs is 1. The minimum Gasteiger partial charge on any atom is -0.480 e. The van der Waals surface area contributed by atoms with Crippen molar-refractivity contribution in [1.82, 2.24) is 5.32 Å². The first-order chi connectivity index (χ1) is 10.1. The fraction of sp³-hybridized carbons (Fsp3) is 0.333. The van der Waals surface area contributed by atoms with Crippen LogP contribution in [0.15, 0.2) is 28.9 Å². The van der Waals surface area contributed by atoms with Gasteiger partial charge in [0.1, 0.15) is 12.2 Å². The SMILES string of the molecule is Cc1ccc2c(CC(=O)NCCOCC(=O)O)coc2c1. The maximum atomic E-state index is 11.8. The predicted octanol–water partition coefficient (Wildman–Crippen LogP) is 1.50. The van der Waals surface area contributed by atoms with E-state index >= 15 is 0 Å². The molecule has 0 fully saturated rings. The number of hydrogen-bond acceptors (Lipinski definition) is 4. The Morgan fingerprint density at radius 2 is 2.19 bits per heavy atom. The number of benzene rings is 1. The van der Waals surface area contributed by atoms with E-state index in [0.717, 1.165) is 22.1 Å². The first kappa shape index (κ1) is 15.1. The lowest BCUT2D eigenvalue weighted by Crippen LogP contribution is -2.29. The Kier molecular flexibility index (Phi) is 4.94. The van der Waals surface area contributed by atoms with Gasteiger partial charge in [0.05, 0.1) is 19.3 Å². The van der Waals surface area contributed by atoms with E-state index < -0.39 is 5.97 Å². The molecule has 0 atom stereocenters. The van der Waals surface area contributed by atoms with Crippen LogP contribution in [0.2, 0.25) is 0 Å². The van der Waals surface area contributed by atoms with Gasteiger partial charge in [0, 0.05) is 17.5 Å². The molecule has 2 N–H and O–H groups in total. The van der Waals surface area contributed by atoms with Gasteiger partial charge in [0.25, 0.3) is 0 Å². The van der Waals surface area contributed by atoms with E-state index in [1.165, 1.54) is 0 Å². The first-order valence-electron chi connectivity index (χ1n) is 6.59. The zero-order valence-electron chi connectivity index (χ0n) is 11.7. The number of carbonyl (C=O) groups excluding carboxylic acids is 1. The summed E-state index contributed by atoms with van der Waals surface area (Å²) in [7, 11) is 0. The fourth-order valence-corrected chi connectivity index (χ4v) is 1.98. The standard InChI is InChI=1S/C15H17NO5/c1-10-2-3-12-11(8-21-13(12)6-10)7-14(17)16-4-5-20-9-15(18)19/h2-3,6,8H,4-5,7,9H2,1H3,(H,16,17)(H,18,19). The third-order valence-electron chi connectivity index (χ3n) is 2.96.